The Balaban J connectivity index is 2.41. The summed E-state index contributed by atoms with van der Waals surface area (Å²) in [5.41, 5.74) is 2.58. The van der Waals surface area contributed by atoms with Gasteiger partial charge < -0.3 is 4.74 Å². The maximum atomic E-state index is 5.99. The maximum absolute atomic E-state index is 5.99. The molecule has 0 unspecified atom stereocenters. The van der Waals surface area contributed by atoms with Gasteiger partial charge in [0.2, 0.25) is 0 Å². The van der Waals surface area contributed by atoms with Crippen LogP contribution < -0.4 is 4.74 Å². The lowest BCUT2D eigenvalue weighted by molar-refractivity contribution is 0.293. The number of nitrogens with zero attached hydrogens (tertiary/aromatic N) is 1. The zero-order valence-corrected chi connectivity index (χ0v) is 12.5. The van der Waals surface area contributed by atoms with Gasteiger partial charge in [0.25, 0.3) is 0 Å². The highest BCUT2D eigenvalue weighted by molar-refractivity contribution is 5.39. The van der Waals surface area contributed by atoms with E-state index in [0.717, 1.165) is 11.4 Å². The first-order chi connectivity index (χ1) is 8.18. The van der Waals surface area contributed by atoms with Gasteiger partial charge in [0.15, 0.2) is 0 Å². The van der Waals surface area contributed by atoms with Crippen molar-refractivity contribution in [2.75, 3.05) is 0 Å². The van der Waals surface area contributed by atoms with Crippen molar-refractivity contribution in [1.82, 2.24) is 4.98 Å². The van der Waals surface area contributed by atoms with E-state index in [9.17, 15) is 0 Å². The number of aromatic nitrogens is 1. The minimum absolute atomic E-state index is 0.0815. The second-order valence-electron chi connectivity index (χ2n) is 7.38. The second-order valence-corrected chi connectivity index (χ2v) is 7.38. The molecular formula is C16H25NO. The first kappa shape index (κ1) is 13.4. The molecule has 1 aromatic heterocycles. The fourth-order valence-corrected chi connectivity index (χ4v) is 1.90. The molecule has 0 amide bonds. The standard InChI is InChI=1S/C16H25NO/c1-15(2,3)12-9-14(16(4,5)6)17-10-13(12)18-11-7-8-11/h9-11H,7-8H2,1-6H3. The van der Waals surface area contributed by atoms with Gasteiger partial charge in [0, 0.05) is 16.7 Å². The molecule has 100 valence electrons. The van der Waals surface area contributed by atoms with Crippen LogP contribution in [0.4, 0.5) is 0 Å². The molecule has 1 aliphatic carbocycles. The second kappa shape index (κ2) is 4.25. The van der Waals surface area contributed by atoms with Gasteiger partial charge in [-0.3, -0.25) is 4.98 Å². The maximum Gasteiger partial charge on any atom is 0.141 e. The molecule has 2 nitrogen and oxygen atoms in total. The van der Waals surface area contributed by atoms with E-state index in [1.165, 1.54) is 18.4 Å². The van der Waals surface area contributed by atoms with Crippen LogP contribution in [0.5, 0.6) is 5.75 Å². The van der Waals surface area contributed by atoms with Crippen molar-refractivity contribution in [2.24, 2.45) is 0 Å². The van der Waals surface area contributed by atoms with Gasteiger partial charge in [-0.2, -0.15) is 0 Å². The summed E-state index contributed by atoms with van der Waals surface area (Å²) in [4.78, 5) is 4.58. The fourth-order valence-electron chi connectivity index (χ4n) is 1.90. The number of hydrogen-bond donors (Lipinski definition) is 0. The number of pyridine rings is 1. The van der Waals surface area contributed by atoms with Crippen LogP contribution in [0.2, 0.25) is 0 Å². The molecule has 1 saturated carbocycles. The van der Waals surface area contributed by atoms with Gasteiger partial charge in [0.05, 0.1) is 12.3 Å². The summed E-state index contributed by atoms with van der Waals surface area (Å²) < 4.78 is 5.99. The van der Waals surface area contributed by atoms with E-state index < -0.39 is 0 Å². The van der Waals surface area contributed by atoms with Crippen LogP contribution in [0.3, 0.4) is 0 Å². The molecule has 0 aliphatic heterocycles. The van der Waals surface area contributed by atoms with Crippen molar-refractivity contribution < 1.29 is 4.74 Å². The zero-order valence-electron chi connectivity index (χ0n) is 12.5. The molecule has 0 aromatic carbocycles. The van der Waals surface area contributed by atoms with Gasteiger partial charge in [0.1, 0.15) is 5.75 Å². The molecule has 0 bridgehead atoms. The van der Waals surface area contributed by atoms with Crippen molar-refractivity contribution >= 4 is 0 Å². The molecule has 2 heteroatoms. The monoisotopic (exact) mass is 247 g/mol. The molecule has 0 N–H and O–H groups in total. The van der Waals surface area contributed by atoms with E-state index in [1.54, 1.807) is 0 Å². The Morgan fingerprint density at radius 2 is 1.67 bits per heavy atom. The molecule has 1 heterocycles. The number of ether oxygens (including phenoxy) is 1. The summed E-state index contributed by atoms with van der Waals surface area (Å²) in [7, 11) is 0. The summed E-state index contributed by atoms with van der Waals surface area (Å²) in [6.07, 6.45) is 4.71. The smallest absolute Gasteiger partial charge is 0.141 e. The highest BCUT2D eigenvalue weighted by Gasteiger charge is 2.28. The van der Waals surface area contributed by atoms with Gasteiger partial charge >= 0.3 is 0 Å². The van der Waals surface area contributed by atoms with Crippen molar-refractivity contribution in [1.29, 1.82) is 0 Å². The van der Waals surface area contributed by atoms with E-state index in [-0.39, 0.29) is 10.8 Å². The average molecular weight is 247 g/mol. The van der Waals surface area contributed by atoms with Crippen LogP contribution >= 0.6 is 0 Å². The summed E-state index contributed by atoms with van der Waals surface area (Å²) in [6.45, 7) is 13.3. The van der Waals surface area contributed by atoms with Crippen LogP contribution in [-0.4, -0.2) is 11.1 Å². The number of rotatable bonds is 2. The molecule has 2 rings (SSSR count). The summed E-state index contributed by atoms with van der Waals surface area (Å²) in [5.74, 6) is 0.970. The minimum Gasteiger partial charge on any atom is -0.489 e. The quantitative estimate of drug-likeness (QED) is 0.780. The lowest BCUT2D eigenvalue weighted by Gasteiger charge is -2.26. The van der Waals surface area contributed by atoms with Gasteiger partial charge in [-0.15, -0.1) is 0 Å². The van der Waals surface area contributed by atoms with Gasteiger partial charge in [-0.1, -0.05) is 41.5 Å². The van der Waals surface area contributed by atoms with Crippen LogP contribution in [0.25, 0.3) is 0 Å². The van der Waals surface area contributed by atoms with E-state index in [0.29, 0.717) is 6.10 Å². The van der Waals surface area contributed by atoms with Crippen LogP contribution in [0.1, 0.15) is 65.6 Å². The van der Waals surface area contributed by atoms with Gasteiger partial charge in [-0.25, -0.2) is 0 Å². The molecule has 1 aromatic rings. The SMILES string of the molecule is CC(C)(C)c1cc(C(C)(C)C)c(OC2CC2)cn1. The zero-order chi connectivity index (χ0) is 13.6. The Hall–Kier alpha value is -1.05. The Bertz CT molecular complexity index is 433. The van der Waals surface area contributed by atoms with E-state index >= 15 is 0 Å². The predicted molar refractivity (Wildman–Crippen MR) is 75.3 cm³/mol. The third-order valence-electron chi connectivity index (χ3n) is 3.26. The van der Waals surface area contributed by atoms with Crippen molar-refractivity contribution in [3.05, 3.63) is 23.5 Å². The van der Waals surface area contributed by atoms with Crippen LogP contribution in [0, 0.1) is 0 Å². The van der Waals surface area contributed by atoms with E-state index in [2.05, 4.69) is 52.6 Å². The third-order valence-corrected chi connectivity index (χ3v) is 3.26. The molecule has 0 saturated heterocycles. The first-order valence-electron chi connectivity index (χ1n) is 6.85. The molecule has 1 aliphatic rings. The summed E-state index contributed by atoms with van der Waals surface area (Å²) in [6, 6.07) is 2.22. The van der Waals surface area contributed by atoms with Crippen molar-refractivity contribution in [3.8, 4) is 5.75 Å². The van der Waals surface area contributed by atoms with Crippen LogP contribution in [-0.2, 0) is 10.8 Å². The third kappa shape index (κ3) is 3.04. The average Bonchev–Trinajstić information content (AvgIpc) is 2.98. The highest BCUT2D eigenvalue weighted by atomic mass is 16.5. The number of hydrogen-bond acceptors (Lipinski definition) is 2. The van der Waals surface area contributed by atoms with E-state index in [1.807, 2.05) is 6.20 Å². The van der Waals surface area contributed by atoms with Gasteiger partial charge in [-0.05, 0) is 24.3 Å². The highest BCUT2D eigenvalue weighted by Crippen LogP contribution is 2.37. The Morgan fingerprint density at radius 3 is 2.11 bits per heavy atom. The Labute approximate surface area is 111 Å². The lowest BCUT2D eigenvalue weighted by Crippen LogP contribution is -2.19. The fraction of sp³-hybridized carbons (Fsp3) is 0.688. The molecular weight excluding hydrogens is 222 g/mol. The first-order valence-corrected chi connectivity index (χ1v) is 6.85. The molecule has 1 fully saturated rings. The predicted octanol–water partition coefficient (Wildman–Crippen LogP) is 4.22. The minimum atomic E-state index is 0.0815. The summed E-state index contributed by atoms with van der Waals surface area (Å²) >= 11 is 0. The normalized spacial score (nSPS) is 16.8. The molecule has 0 spiro atoms. The summed E-state index contributed by atoms with van der Waals surface area (Å²) in [5, 5.41) is 0. The Kier molecular flexibility index (Phi) is 3.16. The molecule has 18 heavy (non-hydrogen) atoms. The topological polar surface area (TPSA) is 22.1 Å². The molecule has 0 radical (unpaired) electrons. The molecule has 0 atom stereocenters. The van der Waals surface area contributed by atoms with Crippen LogP contribution in [0.15, 0.2) is 12.3 Å². The van der Waals surface area contributed by atoms with Crippen molar-refractivity contribution in [3.63, 3.8) is 0 Å². The van der Waals surface area contributed by atoms with Crippen molar-refractivity contribution in [2.45, 2.75) is 71.3 Å². The lowest BCUT2D eigenvalue weighted by atomic mass is 9.83. The Morgan fingerprint density at radius 1 is 1.06 bits per heavy atom. The van der Waals surface area contributed by atoms with E-state index in [4.69, 9.17) is 4.74 Å². The largest absolute Gasteiger partial charge is 0.489 e.